The van der Waals surface area contributed by atoms with E-state index in [2.05, 4.69) is 11.4 Å². The van der Waals surface area contributed by atoms with Gasteiger partial charge in [-0.05, 0) is 50.1 Å². The maximum atomic E-state index is 12.0. The van der Waals surface area contributed by atoms with Crippen LogP contribution in [-0.2, 0) is 4.79 Å². The number of anilines is 1. The molecule has 0 aliphatic heterocycles. The number of aryl methyl sites for hydroxylation is 2. The highest BCUT2D eigenvalue weighted by Crippen LogP contribution is 2.19. The SMILES string of the molecule is Cc1ccc(C)c(NC(=O)C(C)SCCCC#N)c1. The Morgan fingerprint density at radius 2 is 2.21 bits per heavy atom. The summed E-state index contributed by atoms with van der Waals surface area (Å²) in [4.78, 5) is 12.0. The van der Waals surface area contributed by atoms with E-state index in [4.69, 9.17) is 5.26 Å². The first-order valence-electron chi connectivity index (χ1n) is 6.41. The summed E-state index contributed by atoms with van der Waals surface area (Å²) < 4.78 is 0. The van der Waals surface area contributed by atoms with E-state index >= 15 is 0 Å². The number of nitriles is 1. The first-order chi connectivity index (χ1) is 9.04. The predicted octanol–water partition coefficient (Wildman–Crippen LogP) is 3.67. The summed E-state index contributed by atoms with van der Waals surface area (Å²) in [7, 11) is 0. The molecule has 19 heavy (non-hydrogen) atoms. The van der Waals surface area contributed by atoms with Crippen molar-refractivity contribution in [3.8, 4) is 6.07 Å². The number of rotatable bonds is 6. The topological polar surface area (TPSA) is 52.9 Å². The van der Waals surface area contributed by atoms with Gasteiger partial charge in [-0.3, -0.25) is 4.79 Å². The van der Waals surface area contributed by atoms with Crippen LogP contribution in [0.4, 0.5) is 5.69 Å². The zero-order valence-corrected chi connectivity index (χ0v) is 12.5. The molecule has 4 heteroatoms. The fraction of sp³-hybridized carbons (Fsp3) is 0.467. The van der Waals surface area contributed by atoms with Crippen molar-refractivity contribution >= 4 is 23.4 Å². The average Bonchev–Trinajstić information content (AvgIpc) is 2.38. The Balaban J connectivity index is 2.50. The van der Waals surface area contributed by atoms with E-state index in [1.807, 2.05) is 39.0 Å². The van der Waals surface area contributed by atoms with Crippen molar-refractivity contribution < 1.29 is 4.79 Å². The summed E-state index contributed by atoms with van der Waals surface area (Å²) in [5.41, 5.74) is 3.09. The lowest BCUT2D eigenvalue weighted by Gasteiger charge is -2.13. The molecular formula is C15H20N2OS. The lowest BCUT2D eigenvalue weighted by molar-refractivity contribution is -0.115. The van der Waals surface area contributed by atoms with Crippen LogP contribution >= 0.6 is 11.8 Å². The normalized spacial score (nSPS) is 11.7. The second-order valence-corrected chi connectivity index (χ2v) is 6.03. The van der Waals surface area contributed by atoms with Gasteiger partial charge in [-0.15, -0.1) is 11.8 Å². The molecular weight excluding hydrogens is 256 g/mol. The maximum absolute atomic E-state index is 12.0. The highest BCUT2D eigenvalue weighted by Gasteiger charge is 2.14. The molecule has 1 rings (SSSR count). The van der Waals surface area contributed by atoms with E-state index in [0.29, 0.717) is 6.42 Å². The van der Waals surface area contributed by atoms with Crippen LogP contribution in [0.3, 0.4) is 0 Å². The quantitative estimate of drug-likeness (QED) is 0.807. The molecule has 0 aliphatic carbocycles. The Morgan fingerprint density at radius 1 is 1.47 bits per heavy atom. The van der Waals surface area contributed by atoms with Crippen LogP contribution in [0.2, 0.25) is 0 Å². The van der Waals surface area contributed by atoms with E-state index in [0.717, 1.165) is 29.0 Å². The van der Waals surface area contributed by atoms with Gasteiger partial charge in [-0.25, -0.2) is 0 Å². The Bertz CT molecular complexity index is 480. The molecule has 0 spiro atoms. The fourth-order valence-electron chi connectivity index (χ4n) is 1.59. The summed E-state index contributed by atoms with van der Waals surface area (Å²) in [5, 5.41) is 11.3. The van der Waals surface area contributed by atoms with Gasteiger partial charge < -0.3 is 5.32 Å². The van der Waals surface area contributed by atoms with Gasteiger partial charge >= 0.3 is 0 Å². The molecule has 1 unspecified atom stereocenters. The van der Waals surface area contributed by atoms with Gasteiger partial charge in [0.25, 0.3) is 0 Å². The first kappa shape index (κ1) is 15.6. The Morgan fingerprint density at radius 3 is 2.89 bits per heavy atom. The van der Waals surface area contributed by atoms with E-state index in [-0.39, 0.29) is 11.2 Å². The lowest BCUT2D eigenvalue weighted by Crippen LogP contribution is -2.23. The Hall–Kier alpha value is -1.47. The molecule has 0 bridgehead atoms. The number of hydrogen-bond donors (Lipinski definition) is 1. The number of hydrogen-bond acceptors (Lipinski definition) is 3. The molecule has 3 nitrogen and oxygen atoms in total. The molecule has 1 amide bonds. The second-order valence-electron chi connectivity index (χ2n) is 4.58. The van der Waals surface area contributed by atoms with Crippen molar-refractivity contribution in [3.05, 3.63) is 29.3 Å². The van der Waals surface area contributed by atoms with Crippen molar-refractivity contribution in [3.63, 3.8) is 0 Å². The maximum Gasteiger partial charge on any atom is 0.237 e. The van der Waals surface area contributed by atoms with E-state index < -0.39 is 0 Å². The van der Waals surface area contributed by atoms with E-state index in [1.165, 1.54) is 0 Å². The molecule has 0 saturated heterocycles. The molecule has 102 valence electrons. The minimum atomic E-state index is -0.0985. The van der Waals surface area contributed by atoms with Gasteiger partial charge in [-0.1, -0.05) is 12.1 Å². The van der Waals surface area contributed by atoms with Crippen molar-refractivity contribution in [1.29, 1.82) is 5.26 Å². The summed E-state index contributed by atoms with van der Waals surface area (Å²) in [6, 6.07) is 8.14. The van der Waals surface area contributed by atoms with Crippen LogP contribution in [0, 0.1) is 25.2 Å². The monoisotopic (exact) mass is 276 g/mol. The van der Waals surface area contributed by atoms with Gasteiger partial charge in [0, 0.05) is 12.1 Å². The fourth-order valence-corrected chi connectivity index (χ4v) is 2.47. The molecule has 0 heterocycles. The number of thioether (sulfide) groups is 1. The highest BCUT2D eigenvalue weighted by molar-refractivity contribution is 8.00. The third kappa shape index (κ3) is 5.35. The van der Waals surface area contributed by atoms with Gasteiger partial charge in [0.15, 0.2) is 0 Å². The highest BCUT2D eigenvalue weighted by atomic mass is 32.2. The minimum Gasteiger partial charge on any atom is -0.325 e. The number of nitrogens with zero attached hydrogens (tertiary/aromatic N) is 1. The molecule has 0 saturated carbocycles. The van der Waals surface area contributed by atoms with Crippen molar-refractivity contribution in [2.45, 2.75) is 38.9 Å². The predicted molar refractivity (Wildman–Crippen MR) is 81.3 cm³/mol. The molecule has 0 aromatic heterocycles. The van der Waals surface area contributed by atoms with Crippen LogP contribution in [0.5, 0.6) is 0 Å². The molecule has 1 aromatic carbocycles. The largest absolute Gasteiger partial charge is 0.325 e. The van der Waals surface area contributed by atoms with Crippen LogP contribution in [0.1, 0.15) is 30.9 Å². The number of unbranched alkanes of at least 4 members (excludes halogenated alkanes) is 1. The zero-order valence-electron chi connectivity index (χ0n) is 11.7. The molecule has 0 aliphatic rings. The van der Waals surface area contributed by atoms with Gasteiger partial charge in [-0.2, -0.15) is 5.26 Å². The molecule has 0 fully saturated rings. The summed E-state index contributed by atoms with van der Waals surface area (Å²) in [6.07, 6.45) is 1.39. The Kier molecular flexibility index (Phi) is 6.44. The van der Waals surface area contributed by atoms with Crippen LogP contribution in [0.15, 0.2) is 18.2 Å². The lowest BCUT2D eigenvalue weighted by atomic mass is 10.1. The van der Waals surface area contributed by atoms with Gasteiger partial charge in [0.2, 0.25) is 5.91 Å². The van der Waals surface area contributed by atoms with Crippen molar-refractivity contribution in [2.75, 3.05) is 11.1 Å². The minimum absolute atomic E-state index is 0.0238. The summed E-state index contributed by atoms with van der Waals surface area (Å²) >= 11 is 1.59. The number of nitrogens with one attached hydrogen (secondary N) is 1. The zero-order chi connectivity index (χ0) is 14.3. The summed E-state index contributed by atoms with van der Waals surface area (Å²) in [6.45, 7) is 5.90. The van der Waals surface area contributed by atoms with E-state index in [9.17, 15) is 4.79 Å². The van der Waals surface area contributed by atoms with Crippen LogP contribution < -0.4 is 5.32 Å². The number of carbonyl (C=O) groups excluding carboxylic acids is 1. The smallest absolute Gasteiger partial charge is 0.237 e. The third-order valence-electron chi connectivity index (χ3n) is 2.82. The number of benzene rings is 1. The standard InChI is InChI=1S/C15H20N2OS/c1-11-6-7-12(2)14(10-11)17-15(18)13(3)19-9-5-4-8-16/h6-7,10,13H,4-5,9H2,1-3H3,(H,17,18). The van der Waals surface area contributed by atoms with Gasteiger partial charge in [0.1, 0.15) is 0 Å². The van der Waals surface area contributed by atoms with Crippen LogP contribution in [-0.4, -0.2) is 16.9 Å². The first-order valence-corrected chi connectivity index (χ1v) is 7.46. The van der Waals surface area contributed by atoms with Gasteiger partial charge in [0.05, 0.1) is 11.3 Å². The van der Waals surface area contributed by atoms with E-state index in [1.54, 1.807) is 11.8 Å². The Labute approximate surface area is 119 Å². The third-order valence-corrected chi connectivity index (χ3v) is 4.06. The molecule has 0 radical (unpaired) electrons. The molecule has 1 N–H and O–H groups in total. The number of carbonyl (C=O) groups is 1. The molecule has 1 aromatic rings. The number of amides is 1. The molecule has 1 atom stereocenters. The summed E-state index contributed by atoms with van der Waals surface area (Å²) in [5.74, 6) is 0.866. The van der Waals surface area contributed by atoms with Crippen molar-refractivity contribution in [2.24, 2.45) is 0 Å². The van der Waals surface area contributed by atoms with Crippen LogP contribution in [0.25, 0.3) is 0 Å². The second kappa shape index (κ2) is 7.85. The van der Waals surface area contributed by atoms with Crippen molar-refractivity contribution in [1.82, 2.24) is 0 Å². The average molecular weight is 276 g/mol.